The van der Waals surface area contributed by atoms with E-state index < -0.39 is 12.6 Å². The fourth-order valence-electron chi connectivity index (χ4n) is 3.73. The Morgan fingerprint density at radius 3 is 2.81 bits per heavy atom. The number of methoxy groups -OCH3 is 1. The van der Waals surface area contributed by atoms with Gasteiger partial charge in [0.1, 0.15) is 5.58 Å². The van der Waals surface area contributed by atoms with E-state index in [4.69, 9.17) is 19.0 Å². The number of fused-ring (bicyclic) bond motifs is 2. The molecule has 0 saturated heterocycles. The molecule has 11 heteroatoms. The highest BCUT2D eigenvalue weighted by Crippen LogP contribution is 2.34. The van der Waals surface area contributed by atoms with Crippen molar-refractivity contribution < 1.29 is 23.8 Å². The summed E-state index contributed by atoms with van der Waals surface area (Å²) < 4.78 is 19.5. The SMILES string of the molecule is COc1cc(C=Nn2c(-c3cc4cc(Br)ccc4o3)nc3ccccc3c2=O)cc(I)c1OCC(=O)O. The number of hydrogen-bond donors (Lipinski definition) is 1. The highest BCUT2D eigenvalue weighted by molar-refractivity contribution is 14.1. The lowest BCUT2D eigenvalue weighted by molar-refractivity contribution is -0.139. The number of carboxylic acids is 1. The normalized spacial score (nSPS) is 11.4. The molecule has 186 valence electrons. The molecule has 0 aliphatic carbocycles. The predicted octanol–water partition coefficient (Wildman–Crippen LogP) is 5.53. The molecular weight excluding hydrogens is 657 g/mol. The van der Waals surface area contributed by atoms with E-state index in [0.29, 0.717) is 42.9 Å². The second kappa shape index (κ2) is 10.3. The molecule has 5 aromatic rings. The first-order chi connectivity index (χ1) is 17.8. The molecule has 2 heterocycles. The number of carboxylic acid groups (broad SMARTS) is 1. The molecule has 0 saturated carbocycles. The standard InChI is InChI=1S/C26H17BrIN3O6/c1-35-21-9-14(8-18(28)24(21)36-13-23(32)33)12-29-31-25(30-19-5-3-2-4-17(19)26(31)34)22-11-15-10-16(27)6-7-20(15)37-22/h2-12H,13H2,1H3,(H,32,33). The van der Waals surface area contributed by atoms with Gasteiger partial charge >= 0.3 is 5.97 Å². The summed E-state index contributed by atoms with van der Waals surface area (Å²) in [6.07, 6.45) is 1.49. The van der Waals surface area contributed by atoms with Crippen molar-refractivity contribution in [1.29, 1.82) is 0 Å². The zero-order chi connectivity index (χ0) is 26.1. The highest BCUT2D eigenvalue weighted by atomic mass is 127. The predicted molar refractivity (Wildman–Crippen MR) is 151 cm³/mol. The van der Waals surface area contributed by atoms with E-state index >= 15 is 0 Å². The number of aromatic nitrogens is 2. The van der Waals surface area contributed by atoms with Gasteiger partial charge in [-0.15, -0.1) is 0 Å². The summed E-state index contributed by atoms with van der Waals surface area (Å²) >= 11 is 5.48. The van der Waals surface area contributed by atoms with E-state index in [1.807, 2.05) is 52.9 Å². The van der Waals surface area contributed by atoms with Crippen LogP contribution in [-0.2, 0) is 4.79 Å². The van der Waals surface area contributed by atoms with Gasteiger partial charge in [0.05, 0.1) is 27.8 Å². The van der Waals surface area contributed by atoms with E-state index in [1.165, 1.54) is 18.0 Å². The van der Waals surface area contributed by atoms with Crippen LogP contribution in [0.1, 0.15) is 5.56 Å². The maximum atomic E-state index is 13.5. The Hall–Kier alpha value is -3.71. The molecule has 0 radical (unpaired) electrons. The van der Waals surface area contributed by atoms with Crippen LogP contribution in [0, 0.1) is 3.57 Å². The average molecular weight is 674 g/mol. The van der Waals surface area contributed by atoms with Gasteiger partial charge in [-0.2, -0.15) is 9.78 Å². The maximum absolute atomic E-state index is 13.5. The molecule has 0 bridgehead atoms. The Morgan fingerprint density at radius 2 is 2.03 bits per heavy atom. The van der Waals surface area contributed by atoms with Gasteiger partial charge in [-0.05, 0) is 76.7 Å². The fourth-order valence-corrected chi connectivity index (χ4v) is 4.89. The Morgan fingerprint density at radius 1 is 1.22 bits per heavy atom. The molecule has 0 fully saturated rings. The zero-order valence-electron chi connectivity index (χ0n) is 19.1. The van der Waals surface area contributed by atoms with E-state index in [1.54, 1.807) is 30.3 Å². The average Bonchev–Trinajstić information content (AvgIpc) is 3.30. The number of aliphatic carboxylic acids is 1. The molecule has 0 unspecified atom stereocenters. The number of furan rings is 1. The van der Waals surface area contributed by atoms with Gasteiger partial charge in [0.2, 0.25) is 5.82 Å². The minimum Gasteiger partial charge on any atom is -0.493 e. The second-order valence-corrected chi connectivity index (χ2v) is 9.90. The maximum Gasteiger partial charge on any atom is 0.341 e. The molecule has 5 rings (SSSR count). The Labute approximate surface area is 231 Å². The van der Waals surface area contributed by atoms with E-state index in [2.05, 4.69) is 26.0 Å². The lowest BCUT2D eigenvalue weighted by atomic mass is 10.2. The summed E-state index contributed by atoms with van der Waals surface area (Å²) in [7, 11) is 1.45. The zero-order valence-corrected chi connectivity index (χ0v) is 22.9. The molecule has 0 aliphatic heterocycles. The lowest BCUT2D eigenvalue weighted by Gasteiger charge is -2.12. The van der Waals surface area contributed by atoms with Crippen molar-refractivity contribution in [2.75, 3.05) is 13.7 Å². The van der Waals surface area contributed by atoms with Gasteiger partial charge in [0.15, 0.2) is 23.9 Å². The summed E-state index contributed by atoms with van der Waals surface area (Å²) in [4.78, 5) is 29.1. The van der Waals surface area contributed by atoms with Gasteiger partial charge in [-0.3, -0.25) is 4.79 Å². The summed E-state index contributed by atoms with van der Waals surface area (Å²) in [6, 6.07) is 17.8. The number of ether oxygens (including phenoxy) is 2. The minimum atomic E-state index is -1.10. The third kappa shape index (κ3) is 5.09. The monoisotopic (exact) mass is 673 g/mol. The first-order valence-electron chi connectivity index (χ1n) is 10.8. The van der Waals surface area contributed by atoms with Crippen LogP contribution < -0.4 is 15.0 Å². The van der Waals surface area contributed by atoms with Crippen LogP contribution in [0.25, 0.3) is 33.5 Å². The van der Waals surface area contributed by atoms with Gasteiger partial charge in [-0.1, -0.05) is 28.1 Å². The third-order valence-electron chi connectivity index (χ3n) is 5.37. The van der Waals surface area contributed by atoms with Crippen molar-refractivity contribution in [3.8, 4) is 23.1 Å². The number of hydrogen-bond acceptors (Lipinski definition) is 7. The summed E-state index contributed by atoms with van der Waals surface area (Å²) in [5.41, 5.74) is 1.41. The van der Waals surface area contributed by atoms with Crippen molar-refractivity contribution in [2.45, 2.75) is 0 Å². The van der Waals surface area contributed by atoms with Crippen molar-refractivity contribution in [3.63, 3.8) is 0 Å². The first-order valence-corrected chi connectivity index (χ1v) is 12.7. The van der Waals surface area contributed by atoms with E-state index in [9.17, 15) is 9.59 Å². The number of benzene rings is 3. The van der Waals surface area contributed by atoms with Crippen LogP contribution in [0.3, 0.4) is 0 Å². The topological polar surface area (TPSA) is 116 Å². The van der Waals surface area contributed by atoms with Gasteiger partial charge in [0.25, 0.3) is 5.56 Å². The number of carbonyl (C=O) groups is 1. The van der Waals surface area contributed by atoms with Crippen LogP contribution in [0.2, 0.25) is 0 Å². The van der Waals surface area contributed by atoms with Gasteiger partial charge < -0.3 is 19.0 Å². The van der Waals surface area contributed by atoms with Crippen LogP contribution >= 0.6 is 38.5 Å². The molecule has 0 amide bonds. The molecule has 0 aliphatic rings. The van der Waals surface area contributed by atoms with Crippen LogP contribution in [0.15, 0.2) is 79.4 Å². The Kier molecular flexibility index (Phi) is 6.98. The molecule has 37 heavy (non-hydrogen) atoms. The van der Waals surface area contributed by atoms with E-state index in [0.717, 1.165) is 9.86 Å². The summed E-state index contributed by atoms with van der Waals surface area (Å²) in [6.45, 7) is -0.505. The van der Waals surface area contributed by atoms with Crippen molar-refractivity contribution in [1.82, 2.24) is 9.66 Å². The molecule has 2 aromatic heterocycles. The van der Waals surface area contributed by atoms with Crippen LogP contribution in [0.5, 0.6) is 11.5 Å². The van der Waals surface area contributed by atoms with Gasteiger partial charge in [0, 0.05) is 9.86 Å². The minimum absolute atomic E-state index is 0.246. The van der Waals surface area contributed by atoms with Crippen molar-refractivity contribution in [3.05, 3.63) is 84.6 Å². The molecular formula is C26H17BrIN3O6. The molecule has 1 N–H and O–H groups in total. The summed E-state index contributed by atoms with van der Waals surface area (Å²) in [5.74, 6) is 0.174. The molecule has 0 atom stereocenters. The number of nitrogens with zero attached hydrogens (tertiary/aromatic N) is 3. The number of para-hydroxylation sites is 1. The first kappa shape index (κ1) is 25.0. The quantitative estimate of drug-likeness (QED) is 0.178. The third-order valence-corrected chi connectivity index (χ3v) is 6.66. The lowest BCUT2D eigenvalue weighted by Crippen LogP contribution is -2.20. The van der Waals surface area contributed by atoms with Crippen LogP contribution in [-0.4, -0.2) is 40.7 Å². The molecule has 0 spiro atoms. The Balaban J connectivity index is 1.63. The second-order valence-electron chi connectivity index (χ2n) is 7.82. The van der Waals surface area contributed by atoms with Crippen molar-refractivity contribution in [2.24, 2.45) is 5.10 Å². The molecule has 9 nitrogen and oxygen atoms in total. The van der Waals surface area contributed by atoms with Gasteiger partial charge in [-0.25, -0.2) is 9.78 Å². The molecule has 3 aromatic carbocycles. The number of rotatable bonds is 7. The smallest absolute Gasteiger partial charge is 0.341 e. The Bertz CT molecular complexity index is 1760. The highest BCUT2D eigenvalue weighted by Gasteiger charge is 2.17. The number of halogens is 2. The largest absolute Gasteiger partial charge is 0.493 e. The summed E-state index contributed by atoms with van der Waals surface area (Å²) in [5, 5.41) is 14.7. The fraction of sp³-hybridized carbons (Fsp3) is 0.0769. The van der Waals surface area contributed by atoms with Crippen molar-refractivity contribution >= 4 is 72.6 Å². The van der Waals surface area contributed by atoms with Crippen LogP contribution in [0.4, 0.5) is 0 Å². The van der Waals surface area contributed by atoms with E-state index in [-0.39, 0.29) is 11.4 Å².